The van der Waals surface area contributed by atoms with Gasteiger partial charge in [-0.3, -0.25) is 15.0 Å². The second kappa shape index (κ2) is 17.1. The van der Waals surface area contributed by atoms with Crippen LogP contribution in [0.4, 0.5) is 5.69 Å². The Morgan fingerprint density at radius 1 is 0.603 bits per heavy atom. The van der Waals surface area contributed by atoms with Gasteiger partial charge in [-0.1, -0.05) is 129 Å². The minimum absolute atomic E-state index is 0.248. The van der Waals surface area contributed by atoms with Gasteiger partial charge in [0.25, 0.3) is 0 Å². The fraction of sp³-hybridized carbons (Fsp3) is 0.100. The third kappa shape index (κ3) is 6.69. The number of dihydropyridines is 1. The van der Waals surface area contributed by atoms with Crippen molar-refractivity contribution in [1.29, 1.82) is 0 Å². The lowest BCUT2D eigenvalue weighted by Gasteiger charge is -2.30. The highest BCUT2D eigenvalue weighted by molar-refractivity contribution is 6.11. The van der Waals surface area contributed by atoms with E-state index in [1.54, 1.807) is 0 Å². The van der Waals surface area contributed by atoms with Crippen LogP contribution in [0.15, 0.2) is 220 Å². The number of rotatable bonds is 7. The molecule has 1 N–H and O–H groups in total. The molecule has 0 amide bonds. The third-order valence-electron chi connectivity index (χ3n) is 16.7. The summed E-state index contributed by atoms with van der Waals surface area (Å²) >= 11 is 0. The summed E-state index contributed by atoms with van der Waals surface area (Å²) in [5, 5.41) is 9.02. The average molecular weight is 1010 g/mol. The maximum absolute atomic E-state index is 6.98. The van der Waals surface area contributed by atoms with Crippen molar-refractivity contribution in [1.82, 2.24) is 24.4 Å². The van der Waals surface area contributed by atoms with E-state index in [4.69, 9.17) is 23.8 Å². The van der Waals surface area contributed by atoms with Crippen molar-refractivity contribution in [2.75, 3.05) is 6.54 Å². The topological polar surface area (TPSA) is 86.3 Å². The number of para-hydroxylation sites is 2. The molecule has 13 aromatic rings. The van der Waals surface area contributed by atoms with Crippen LogP contribution >= 0.6 is 0 Å². The Hall–Kier alpha value is -9.79. The summed E-state index contributed by atoms with van der Waals surface area (Å²) in [6.07, 6.45) is 18.6. The molecule has 16 rings (SSSR count). The average Bonchev–Trinajstić information content (AvgIpc) is 4.28. The monoisotopic (exact) mass is 1010 g/mol. The Bertz CT molecular complexity index is 4790. The fourth-order valence-electron chi connectivity index (χ4n) is 13.0. The van der Waals surface area contributed by atoms with Gasteiger partial charge in [0, 0.05) is 85.8 Å². The molecule has 78 heavy (non-hydrogen) atoms. The lowest BCUT2D eigenvalue weighted by Crippen LogP contribution is -2.25. The predicted octanol–water partition coefficient (Wildman–Crippen LogP) is 17.4. The second-order valence-corrected chi connectivity index (χ2v) is 21.4. The smallest absolute Gasteiger partial charge is 0.159 e. The van der Waals surface area contributed by atoms with Gasteiger partial charge >= 0.3 is 0 Å². The van der Waals surface area contributed by atoms with Crippen molar-refractivity contribution >= 4 is 89.5 Å². The van der Waals surface area contributed by atoms with Crippen molar-refractivity contribution in [3.63, 3.8) is 0 Å². The minimum atomic E-state index is -0.341. The molecule has 0 spiro atoms. The first-order valence-corrected chi connectivity index (χ1v) is 27.0. The van der Waals surface area contributed by atoms with E-state index in [9.17, 15) is 0 Å². The number of hydrogen-bond donors (Lipinski definition) is 1. The molecule has 2 aliphatic heterocycles. The van der Waals surface area contributed by atoms with Crippen molar-refractivity contribution < 1.29 is 8.83 Å². The van der Waals surface area contributed by atoms with Gasteiger partial charge in [-0.15, -0.1) is 0 Å². The van der Waals surface area contributed by atoms with Gasteiger partial charge in [-0.2, -0.15) is 0 Å². The molecular formula is C70H50N6O2. The SMILES string of the molecule is CC1CC=Nc2c1n(-c1cccc3c1oc1ccc(C4(C)C=Cc5c(c6ncccc6n5-c5cccc6c5oc5ccc(-c7ccccc7C7=CC=CCN7)cc56)C4)cc13)c1ccc(-c3ccccc3-c3ccccn3)cc21. The predicted molar refractivity (Wildman–Crippen MR) is 319 cm³/mol. The summed E-state index contributed by atoms with van der Waals surface area (Å²) < 4.78 is 18.6. The zero-order valence-electron chi connectivity index (χ0n) is 43.0. The van der Waals surface area contributed by atoms with Crippen LogP contribution in [0.25, 0.3) is 122 Å². The van der Waals surface area contributed by atoms with Crippen LogP contribution in [0.2, 0.25) is 0 Å². The molecule has 8 heteroatoms. The number of aliphatic imine (C=N–C) groups is 1. The van der Waals surface area contributed by atoms with Crippen molar-refractivity contribution in [2.24, 2.45) is 4.99 Å². The zero-order chi connectivity index (χ0) is 51.6. The van der Waals surface area contributed by atoms with Crippen LogP contribution in [0, 0.1) is 0 Å². The largest absolute Gasteiger partial charge is 0.454 e. The summed E-state index contributed by atoms with van der Waals surface area (Å²) in [6, 6.07) is 60.7. The fourth-order valence-corrected chi connectivity index (χ4v) is 13.0. The number of nitrogens with zero attached hydrogens (tertiary/aromatic N) is 5. The van der Waals surface area contributed by atoms with E-state index in [1.807, 2.05) is 30.6 Å². The molecule has 8 nitrogen and oxygen atoms in total. The Kier molecular flexibility index (Phi) is 9.76. The Morgan fingerprint density at radius 3 is 2.06 bits per heavy atom. The molecule has 0 bridgehead atoms. The molecule has 2 atom stereocenters. The van der Waals surface area contributed by atoms with Crippen LogP contribution in [-0.2, 0) is 11.8 Å². The Morgan fingerprint density at radius 2 is 1.29 bits per heavy atom. The van der Waals surface area contributed by atoms with Crippen LogP contribution in [0.3, 0.4) is 0 Å². The molecule has 2 unspecified atom stereocenters. The lowest BCUT2D eigenvalue weighted by molar-refractivity contribution is 0.587. The summed E-state index contributed by atoms with van der Waals surface area (Å²) in [6.45, 7) is 5.47. The van der Waals surface area contributed by atoms with Crippen LogP contribution < -0.4 is 5.32 Å². The lowest BCUT2D eigenvalue weighted by atomic mass is 9.74. The van der Waals surface area contributed by atoms with E-state index in [0.717, 1.165) is 142 Å². The maximum atomic E-state index is 6.98. The molecule has 0 saturated heterocycles. The van der Waals surface area contributed by atoms with Crippen molar-refractivity contribution in [2.45, 2.75) is 38.0 Å². The molecule has 1 aliphatic carbocycles. The molecule has 0 radical (unpaired) electrons. The van der Waals surface area contributed by atoms with Crippen LogP contribution in [0.1, 0.15) is 54.3 Å². The first-order valence-electron chi connectivity index (χ1n) is 27.0. The molecule has 372 valence electrons. The second-order valence-electron chi connectivity index (χ2n) is 21.4. The highest BCUT2D eigenvalue weighted by Gasteiger charge is 2.34. The standard InChI is InChI=1S/C70H50N6O2/c1-42-32-37-74-66-54-39-43(46-14-3-5-16-48(46)56-20-7-9-34-71-56)25-28-58(54)76(67(42)66)62-23-12-19-51-53-40-45(27-30-64(53)78-69(51)62)70(2)33-31-59-55(41-70)65-60(24-13-36-73-65)75(59)61-22-11-18-50-52-38-44(26-29-63(52)77-68(50)61)47-15-4-6-17-49(47)57-21-8-10-35-72-57/h3-31,33-34,36-40,42,72H,32,35,41H2,1-2H3. The summed E-state index contributed by atoms with van der Waals surface area (Å²) in [4.78, 5) is 14.9. The van der Waals surface area contributed by atoms with E-state index < -0.39 is 0 Å². The van der Waals surface area contributed by atoms with Crippen LogP contribution in [-0.4, -0.2) is 31.9 Å². The highest BCUT2D eigenvalue weighted by Crippen LogP contribution is 2.49. The number of benzene rings is 7. The third-order valence-corrected chi connectivity index (χ3v) is 16.7. The first kappa shape index (κ1) is 44.5. The molecule has 8 heterocycles. The summed E-state index contributed by atoms with van der Waals surface area (Å²) in [7, 11) is 0. The number of fused-ring (bicyclic) bond motifs is 12. The van der Waals surface area contributed by atoms with Gasteiger partial charge in [0.05, 0.1) is 50.7 Å². The zero-order valence-corrected chi connectivity index (χ0v) is 43.0. The van der Waals surface area contributed by atoms with Gasteiger partial charge < -0.3 is 23.3 Å². The van der Waals surface area contributed by atoms with Gasteiger partial charge in [-0.25, -0.2) is 0 Å². The number of furan rings is 2. The van der Waals surface area contributed by atoms with Crippen molar-refractivity contribution in [3.05, 3.63) is 235 Å². The first-order chi connectivity index (χ1) is 38.5. The molecule has 0 saturated carbocycles. The highest BCUT2D eigenvalue weighted by atomic mass is 16.3. The number of nitrogens with one attached hydrogen (secondary N) is 1. The van der Waals surface area contributed by atoms with Gasteiger partial charge in [-0.05, 0) is 126 Å². The van der Waals surface area contributed by atoms with Crippen molar-refractivity contribution in [3.8, 4) is 44.9 Å². The van der Waals surface area contributed by atoms with E-state index in [0.29, 0.717) is 0 Å². The van der Waals surface area contributed by atoms with E-state index >= 15 is 0 Å². The summed E-state index contributed by atoms with van der Waals surface area (Å²) in [5.74, 6) is 0.248. The Labute approximate surface area is 449 Å². The molecule has 3 aliphatic rings. The number of aromatic nitrogens is 4. The normalized spacial score (nSPS) is 16.9. The van der Waals surface area contributed by atoms with Gasteiger partial charge in [0.2, 0.25) is 0 Å². The number of hydrogen-bond acceptors (Lipinski definition) is 6. The summed E-state index contributed by atoms with van der Waals surface area (Å²) in [5.41, 5.74) is 23.0. The molecule has 0 fully saturated rings. The number of allylic oxidation sites excluding steroid dienone is 3. The van der Waals surface area contributed by atoms with E-state index in [2.05, 4.69) is 217 Å². The molecule has 6 aromatic heterocycles. The van der Waals surface area contributed by atoms with Gasteiger partial charge in [0.15, 0.2) is 11.2 Å². The minimum Gasteiger partial charge on any atom is -0.454 e. The maximum Gasteiger partial charge on any atom is 0.159 e. The number of pyridine rings is 2. The van der Waals surface area contributed by atoms with E-state index in [1.165, 1.54) is 27.9 Å². The van der Waals surface area contributed by atoms with E-state index in [-0.39, 0.29) is 11.3 Å². The van der Waals surface area contributed by atoms with Gasteiger partial charge in [0.1, 0.15) is 11.2 Å². The molecular weight excluding hydrogens is 957 g/mol. The molecule has 7 aromatic carbocycles. The Balaban J connectivity index is 0.783. The van der Waals surface area contributed by atoms with Crippen LogP contribution in [0.5, 0.6) is 0 Å². The quantitative estimate of drug-likeness (QED) is 0.172.